The molecular weight excluding hydrogens is 250 g/mol. The Bertz CT molecular complexity index is 583. The van der Waals surface area contributed by atoms with Gasteiger partial charge in [0.25, 0.3) is 5.89 Å². The highest BCUT2D eigenvalue weighted by atomic mass is 16.5. The summed E-state index contributed by atoms with van der Waals surface area (Å²) in [5.74, 6) is 1.91. The van der Waals surface area contributed by atoms with Gasteiger partial charge in [0.1, 0.15) is 0 Å². The van der Waals surface area contributed by atoms with Gasteiger partial charge in [-0.1, -0.05) is 36.9 Å². The van der Waals surface area contributed by atoms with Gasteiger partial charge in [0.2, 0.25) is 0 Å². The first kappa shape index (κ1) is 13.2. The zero-order valence-electron chi connectivity index (χ0n) is 11.9. The maximum atomic E-state index is 5.94. The number of nitrogens with zero attached hydrogens (tertiary/aromatic N) is 2. The lowest BCUT2D eigenvalue weighted by Gasteiger charge is -2.07. The topological polar surface area (TPSA) is 64.9 Å². The van der Waals surface area contributed by atoms with Crippen LogP contribution < -0.4 is 5.73 Å². The van der Waals surface area contributed by atoms with Crippen molar-refractivity contribution in [2.75, 3.05) is 5.73 Å². The summed E-state index contributed by atoms with van der Waals surface area (Å²) in [6.45, 7) is 1.99. The number of benzene rings is 1. The highest BCUT2D eigenvalue weighted by Crippen LogP contribution is 2.32. The van der Waals surface area contributed by atoms with E-state index in [1.165, 1.54) is 38.5 Å². The van der Waals surface area contributed by atoms with Crippen molar-refractivity contribution in [2.45, 2.75) is 51.4 Å². The van der Waals surface area contributed by atoms with Crippen molar-refractivity contribution in [2.24, 2.45) is 0 Å². The Hall–Kier alpha value is -1.84. The predicted molar refractivity (Wildman–Crippen MR) is 79.3 cm³/mol. The van der Waals surface area contributed by atoms with Crippen molar-refractivity contribution in [1.29, 1.82) is 0 Å². The van der Waals surface area contributed by atoms with Crippen LogP contribution >= 0.6 is 0 Å². The van der Waals surface area contributed by atoms with Crippen LogP contribution in [0.15, 0.2) is 22.7 Å². The third-order valence-corrected chi connectivity index (χ3v) is 4.27. The Labute approximate surface area is 119 Å². The molecule has 1 fully saturated rings. The molecular formula is C16H21N3O. The zero-order valence-corrected chi connectivity index (χ0v) is 11.9. The Balaban J connectivity index is 1.87. The number of hydrogen-bond donors (Lipinski definition) is 1. The number of aromatic nitrogens is 2. The summed E-state index contributed by atoms with van der Waals surface area (Å²) in [7, 11) is 0. The second-order valence-corrected chi connectivity index (χ2v) is 5.67. The Morgan fingerprint density at radius 3 is 2.65 bits per heavy atom. The monoisotopic (exact) mass is 271 g/mol. The highest BCUT2D eigenvalue weighted by molar-refractivity contribution is 5.66. The van der Waals surface area contributed by atoms with Crippen LogP contribution in [-0.2, 0) is 0 Å². The smallest absolute Gasteiger partial charge is 0.258 e. The number of nitrogen functional groups attached to an aromatic ring is 1. The molecule has 1 aromatic heterocycles. The molecule has 0 bridgehead atoms. The average molecular weight is 271 g/mol. The van der Waals surface area contributed by atoms with Crippen molar-refractivity contribution in [3.05, 3.63) is 29.6 Å². The molecule has 1 heterocycles. The van der Waals surface area contributed by atoms with Gasteiger partial charge in [-0.25, -0.2) is 0 Å². The Morgan fingerprint density at radius 2 is 1.90 bits per heavy atom. The van der Waals surface area contributed by atoms with E-state index in [-0.39, 0.29) is 0 Å². The third-order valence-electron chi connectivity index (χ3n) is 4.27. The average Bonchev–Trinajstić information content (AvgIpc) is 2.77. The van der Waals surface area contributed by atoms with Crippen molar-refractivity contribution in [3.63, 3.8) is 0 Å². The SMILES string of the molecule is Cc1c(N)cccc1-c1nc(C2CCCCCC2)no1. The summed E-state index contributed by atoms with van der Waals surface area (Å²) in [5, 5.41) is 4.20. The predicted octanol–water partition coefficient (Wildman–Crippen LogP) is 4.07. The zero-order chi connectivity index (χ0) is 13.9. The van der Waals surface area contributed by atoms with E-state index in [1.807, 2.05) is 25.1 Å². The van der Waals surface area contributed by atoms with E-state index in [1.54, 1.807) is 0 Å². The summed E-state index contributed by atoms with van der Waals surface area (Å²) in [4.78, 5) is 4.61. The lowest BCUT2D eigenvalue weighted by Crippen LogP contribution is -1.99. The van der Waals surface area contributed by atoms with Gasteiger partial charge in [-0.15, -0.1) is 0 Å². The fourth-order valence-corrected chi connectivity index (χ4v) is 2.93. The van der Waals surface area contributed by atoms with Gasteiger partial charge in [0, 0.05) is 17.2 Å². The molecule has 0 radical (unpaired) electrons. The largest absolute Gasteiger partial charge is 0.398 e. The van der Waals surface area contributed by atoms with Crippen LogP contribution in [0, 0.1) is 6.92 Å². The quantitative estimate of drug-likeness (QED) is 0.660. The van der Waals surface area contributed by atoms with E-state index in [0.29, 0.717) is 11.8 Å². The minimum Gasteiger partial charge on any atom is -0.398 e. The molecule has 2 aromatic rings. The van der Waals surface area contributed by atoms with Crippen molar-refractivity contribution < 1.29 is 4.52 Å². The van der Waals surface area contributed by atoms with E-state index < -0.39 is 0 Å². The molecule has 0 amide bonds. The van der Waals surface area contributed by atoms with Crippen LogP contribution in [-0.4, -0.2) is 10.1 Å². The molecule has 0 atom stereocenters. The van der Waals surface area contributed by atoms with Crippen molar-refractivity contribution >= 4 is 5.69 Å². The van der Waals surface area contributed by atoms with Gasteiger partial charge in [-0.3, -0.25) is 0 Å². The van der Waals surface area contributed by atoms with Gasteiger partial charge < -0.3 is 10.3 Å². The number of anilines is 1. The summed E-state index contributed by atoms with van der Waals surface area (Å²) in [6.07, 6.45) is 7.55. The van der Waals surface area contributed by atoms with E-state index in [9.17, 15) is 0 Å². The van der Waals surface area contributed by atoms with Gasteiger partial charge in [-0.05, 0) is 37.5 Å². The van der Waals surface area contributed by atoms with Crippen LogP contribution in [0.3, 0.4) is 0 Å². The molecule has 106 valence electrons. The summed E-state index contributed by atoms with van der Waals surface area (Å²) >= 11 is 0. The molecule has 1 aliphatic carbocycles. The van der Waals surface area contributed by atoms with Gasteiger partial charge in [-0.2, -0.15) is 4.98 Å². The molecule has 0 unspecified atom stereocenters. The summed E-state index contributed by atoms with van der Waals surface area (Å²) < 4.78 is 5.46. The van der Waals surface area contributed by atoms with E-state index >= 15 is 0 Å². The molecule has 0 aliphatic heterocycles. The third kappa shape index (κ3) is 2.55. The summed E-state index contributed by atoms with van der Waals surface area (Å²) in [5.41, 5.74) is 8.64. The first-order valence-electron chi connectivity index (χ1n) is 7.45. The fourth-order valence-electron chi connectivity index (χ4n) is 2.93. The maximum absolute atomic E-state index is 5.94. The second kappa shape index (κ2) is 5.65. The van der Waals surface area contributed by atoms with Gasteiger partial charge in [0.05, 0.1) is 0 Å². The van der Waals surface area contributed by atoms with E-state index in [0.717, 1.165) is 22.6 Å². The Kier molecular flexibility index (Phi) is 3.72. The maximum Gasteiger partial charge on any atom is 0.258 e. The molecule has 0 saturated heterocycles. The van der Waals surface area contributed by atoms with Crippen LogP contribution in [0.5, 0.6) is 0 Å². The number of nitrogens with two attached hydrogens (primary N) is 1. The lowest BCUT2D eigenvalue weighted by molar-refractivity contribution is 0.409. The van der Waals surface area contributed by atoms with Crippen molar-refractivity contribution in [3.8, 4) is 11.5 Å². The lowest BCUT2D eigenvalue weighted by atomic mass is 10.00. The standard InChI is InChI=1S/C16H21N3O/c1-11-13(9-6-10-14(11)17)16-18-15(19-20-16)12-7-4-2-3-5-8-12/h6,9-10,12H,2-5,7-8,17H2,1H3. The van der Waals surface area contributed by atoms with Crippen molar-refractivity contribution in [1.82, 2.24) is 10.1 Å². The Morgan fingerprint density at radius 1 is 1.15 bits per heavy atom. The fraction of sp³-hybridized carbons (Fsp3) is 0.500. The molecule has 0 spiro atoms. The molecule has 1 aliphatic rings. The normalized spacial score (nSPS) is 17.1. The number of hydrogen-bond acceptors (Lipinski definition) is 4. The molecule has 1 aromatic carbocycles. The van der Waals surface area contributed by atoms with E-state index in [4.69, 9.17) is 10.3 Å². The van der Waals surface area contributed by atoms with E-state index in [2.05, 4.69) is 10.1 Å². The van der Waals surface area contributed by atoms with Crippen LogP contribution in [0.1, 0.15) is 55.8 Å². The van der Waals surface area contributed by atoms with Crippen LogP contribution in [0.4, 0.5) is 5.69 Å². The van der Waals surface area contributed by atoms with Crippen LogP contribution in [0.2, 0.25) is 0 Å². The molecule has 1 saturated carbocycles. The van der Waals surface area contributed by atoms with Crippen LogP contribution in [0.25, 0.3) is 11.5 Å². The highest BCUT2D eigenvalue weighted by Gasteiger charge is 2.21. The molecule has 2 N–H and O–H groups in total. The van der Waals surface area contributed by atoms with Gasteiger partial charge >= 0.3 is 0 Å². The minimum atomic E-state index is 0.455. The molecule has 4 heteroatoms. The first-order valence-corrected chi connectivity index (χ1v) is 7.45. The minimum absolute atomic E-state index is 0.455. The van der Waals surface area contributed by atoms with Gasteiger partial charge in [0.15, 0.2) is 5.82 Å². The second-order valence-electron chi connectivity index (χ2n) is 5.67. The summed E-state index contributed by atoms with van der Waals surface area (Å²) in [6, 6.07) is 5.80. The molecule has 3 rings (SSSR count). The first-order chi connectivity index (χ1) is 9.75. The number of rotatable bonds is 2. The molecule has 20 heavy (non-hydrogen) atoms. The molecule has 4 nitrogen and oxygen atoms in total.